The SMILES string of the molecule is C=C1/C(=C\C=C2/CCC[C@@]3(C)C2CC[C@@H]3[C@H](C)CC(O)CC(C)(C)O)C[C@@H](O)CC1O. The van der Waals surface area contributed by atoms with Crippen LogP contribution in [0.3, 0.4) is 0 Å². The van der Waals surface area contributed by atoms with Gasteiger partial charge in [-0.25, -0.2) is 0 Å². The van der Waals surface area contributed by atoms with E-state index in [1.165, 1.54) is 31.3 Å². The van der Waals surface area contributed by atoms with Crippen molar-refractivity contribution in [2.75, 3.05) is 0 Å². The van der Waals surface area contributed by atoms with E-state index in [0.29, 0.717) is 37.0 Å². The van der Waals surface area contributed by atoms with Crippen LogP contribution in [0.15, 0.2) is 35.5 Å². The van der Waals surface area contributed by atoms with E-state index in [4.69, 9.17) is 0 Å². The molecule has 176 valence electrons. The molecule has 0 aromatic heterocycles. The lowest BCUT2D eigenvalue weighted by Gasteiger charge is -2.44. The number of aliphatic hydroxyl groups excluding tert-OH is 3. The Morgan fingerprint density at radius 1 is 1.23 bits per heavy atom. The number of fused-ring (bicyclic) bond motifs is 1. The van der Waals surface area contributed by atoms with Gasteiger partial charge in [0.15, 0.2) is 0 Å². The van der Waals surface area contributed by atoms with Gasteiger partial charge in [-0.3, -0.25) is 0 Å². The maximum atomic E-state index is 10.5. The molecule has 0 saturated heterocycles. The zero-order valence-corrected chi connectivity index (χ0v) is 20.0. The molecule has 3 saturated carbocycles. The maximum absolute atomic E-state index is 10.5. The topological polar surface area (TPSA) is 80.9 Å². The van der Waals surface area contributed by atoms with E-state index in [1.54, 1.807) is 13.8 Å². The van der Waals surface area contributed by atoms with Crippen molar-refractivity contribution in [2.45, 2.75) is 109 Å². The molecule has 3 aliphatic rings. The monoisotopic (exact) mass is 432 g/mol. The number of hydrogen-bond donors (Lipinski definition) is 4. The molecule has 0 bridgehead atoms. The highest BCUT2D eigenvalue weighted by molar-refractivity contribution is 5.38. The first-order valence-corrected chi connectivity index (χ1v) is 12.3. The van der Waals surface area contributed by atoms with Crippen LogP contribution in [0.4, 0.5) is 0 Å². The largest absolute Gasteiger partial charge is 0.393 e. The Morgan fingerprint density at radius 2 is 1.94 bits per heavy atom. The second-order valence-corrected chi connectivity index (χ2v) is 11.5. The fraction of sp³-hybridized carbons (Fsp3) is 0.778. The minimum Gasteiger partial charge on any atom is -0.393 e. The molecular weight excluding hydrogens is 388 g/mol. The Balaban J connectivity index is 1.72. The van der Waals surface area contributed by atoms with Gasteiger partial charge >= 0.3 is 0 Å². The maximum Gasteiger partial charge on any atom is 0.0811 e. The van der Waals surface area contributed by atoms with Crippen molar-refractivity contribution in [3.63, 3.8) is 0 Å². The van der Waals surface area contributed by atoms with E-state index >= 15 is 0 Å². The van der Waals surface area contributed by atoms with Crippen molar-refractivity contribution < 1.29 is 20.4 Å². The van der Waals surface area contributed by atoms with Crippen LogP contribution in [0, 0.1) is 23.2 Å². The molecule has 4 heteroatoms. The van der Waals surface area contributed by atoms with Gasteiger partial charge in [0.25, 0.3) is 0 Å². The summed E-state index contributed by atoms with van der Waals surface area (Å²) in [5.41, 5.74) is 2.64. The third kappa shape index (κ3) is 5.71. The minimum absolute atomic E-state index is 0.249. The quantitative estimate of drug-likeness (QED) is 0.491. The molecular formula is C27H44O4. The summed E-state index contributed by atoms with van der Waals surface area (Å²) in [5.74, 6) is 1.57. The predicted octanol–water partition coefficient (Wildman–Crippen LogP) is 4.68. The zero-order chi connectivity index (χ0) is 23.0. The van der Waals surface area contributed by atoms with Crippen LogP contribution in [-0.2, 0) is 0 Å². The van der Waals surface area contributed by atoms with Crippen LogP contribution in [0.25, 0.3) is 0 Å². The van der Waals surface area contributed by atoms with Gasteiger partial charge in [-0.05, 0) is 93.1 Å². The second kappa shape index (κ2) is 9.51. The van der Waals surface area contributed by atoms with E-state index in [9.17, 15) is 20.4 Å². The van der Waals surface area contributed by atoms with E-state index in [-0.39, 0.29) is 5.41 Å². The molecule has 3 fully saturated rings. The highest BCUT2D eigenvalue weighted by atomic mass is 16.3. The normalized spacial score (nSPS) is 39.0. The Hall–Kier alpha value is -0.940. The van der Waals surface area contributed by atoms with Gasteiger partial charge in [0.2, 0.25) is 0 Å². The van der Waals surface area contributed by atoms with Crippen LogP contribution in [0.2, 0.25) is 0 Å². The van der Waals surface area contributed by atoms with Crippen molar-refractivity contribution in [1.82, 2.24) is 0 Å². The first-order valence-electron chi connectivity index (χ1n) is 12.3. The fourth-order valence-corrected chi connectivity index (χ4v) is 6.93. The molecule has 3 rings (SSSR count). The average molecular weight is 433 g/mol. The van der Waals surface area contributed by atoms with Gasteiger partial charge in [-0.1, -0.05) is 38.2 Å². The number of allylic oxidation sites excluding steroid dienone is 3. The Labute approximate surface area is 188 Å². The lowest BCUT2D eigenvalue weighted by molar-refractivity contribution is 0.000127. The molecule has 0 aliphatic heterocycles. The van der Waals surface area contributed by atoms with Gasteiger partial charge in [0.05, 0.1) is 23.9 Å². The molecule has 31 heavy (non-hydrogen) atoms. The van der Waals surface area contributed by atoms with E-state index in [1.807, 2.05) is 0 Å². The Bertz CT molecular complexity index is 715. The molecule has 3 unspecified atom stereocenters. The molecule has 0 heterocycles. The lowest BCUT2D eigenvalue weighted by atomic mass is 9.60. The Kier molecular flexibility index (Phi) is 7.57. The smallest absolute Gasteiger partial charge is 0.0811 e. The summed E-state index contributed by atoms with van der Waals surface area (Å²) in [4.78, 5) is 0. The van der Waals surface area contributed by atoms with Gasteiger partial charge in [-0.2, -0.15) is 0 Å². The molecule has 0 spiro atoms. The predicted molar refractivity (Wildman–Crippen MR) is 125 cm³/mol. The molecule has 0 radical (unpaired) electrons. The highest BCUT2D eigenvalue weighted by Crippen LogP contribution is 2.60. The molecule has 7 atom stereocenters. The van der Waals surface area contributed by atoms with Crippen LogP contribution in [0.1, 0.15) is 85.5 Å². The molecule has 4 N–H and O–H groups in total. The summed E-state index contributed by atoms with van der Waals surface area (Å²) in [7, 11) is 0. The average Bonchev–Trinajstić information content (AvgIpc) is 2.99. The van der Waals surface area contributed by atoms with Crippen molar-refractivity contribution in [2.24, 2.45) is 23.2 Å². The summed E-state index contributed by atoms with van der Waals surface area (Å²) >= 11 is 0. The number of aliphatic hydroxyl groups is 4. The summed E-state index contributed by atoms with van der Waals surface area (Å²) < 4.78 is 0. The minimum atomic E-state index is -0.834. The molecule has 0 amide bonds. The molecule has 4 nitrogen and oxygen atoms in total. The highest BCUT2D eigenvalue weighted by Gasteiger charge is 2.50. The summed E-state index contributed by atoms with van der Waals surface area (Å²) in [6.07, 6.45) is 10.8. The zero-order valence-electron chi connectivity index (χ0n) is 20.0. The third-order valence-electron chi connectivity index (χ3n) is 8.37. The fourth-order valence-electron chi connectivity index (χ4n) is 6.93. The van der Waals surface area contributed by atoms with Gasteiger partial charge in [-0.15, -0.1) is 0 Å². The second-order valence-electron chi connectivity index (χ2n) is 11.5. The van der Waals surface area contributed by atoms with E-state index in [0.717, 1.165) is 24.0 Å². The van der Waals surface area contributed by atoms with Crippen LogP contribution in [0.5, 0.6) is 0 Å². The number of hydrogen-bond acceptors (Lipinski definition) is 4. The van der Waals surface area contributed by atoms with E-state index < -0.39 is 23.9 Å². The molecule has 0 aromatic rings. The van der Waals surface area contributed by atoms with Crippen molar-refractivity contribution in [3.8, 4) is 0 Å². The lowest BCUT2D eigenvalue weighted by Crippen LogP contribution is -2.37. The summed E-state index contributed by atoms with van der Waals surface area (Å²) in [6.45, 7) is 12.3. The Morgan fingerprint density at radius 3 is 2.61 bits per heavy atom. The van der Waals surface area contributed by atoms with Crippen molar-refractivity contribution in [1.29, 1.82) is 0 Å². The van der Waals surface area contributed by atoms with Crippen molar-refractivity contribution in [3.05, 3.63) is 35.5 Å². The van der Waals surface area contributed by atoms with Crippen LogP contribution < -0.4 is 0 Å². The van der Waals surface area contributed by atoms with Crippen molar-refractivity contribution >= 4 is 0 Å². The first-order chi connectivity index (χ1) is 14.4. The van der Waals surface area contributed by atoms with Gasteiger partial charge in [0, 0.05) is 12.8 Å². The number of rotatable bonds is 6. The van der Waals surface area contributed by atoms with Crippen LogP contribution in [-0.4, -0.2) is 44.3 Å². The third-order valence-corrected chi connectivity index (χ3v) is 8.37. The molecule has 0 aromatic carbocycles. The standard InChI is InChI=1S/C27H44O4/c1-17(13-22(29)16-26(3,4)31)23-10-11-24-19(7-6-12-27(23,24)5)8-9-20-14-21(28)15-25(30)18(20)2/h8-9,17,21-25,28-31H,2,6-7,10-16H2,1,3-5H3/b19-8+,20-9-/t17-,21-,22?,23-,24?,25?,27-/m1/s1. The summed E-state index contributed by atoms with van der Waals surface area (Å²) in [6, 6.07) is 0. The summed E-state index contributed by atoms with van der Waals surface area (Å²) in [5, 5.41) is 40.7. The van der Waals surface area contributed by atoms with Gasteiger partial charge in [0.1, 0.15) is 0 Å². The molecule has 3 aliphatic carbocycles. The van der Waals surface area contributed by atoms with Crippen LogP contribution >= 0.6 is 0 Å². The van der Waals surface area contributed by atoms with Gasteiger partial charge < -0.3 is 20.4 Å². The first kappa shape index (κ1) is 24.7. The van der Waals surface area contributed by atoms with E-state index in [2.05, 4.69) is 32.6 Å².